The molecule has 0 radical (unpaired) electrons. The van der Waals surface area contributed by atoms with E-state index in [1.54, 1.807) is 0 Å². The topological polar surface area (TPSA) is 58.6 Å². The molecule has 0 aliphatic carbocycles. The largest absolute Gasteiger partial charge is 0.492 e. The minimum absolute atomic E-state index is 0.269. The van der Waals surface area contributed by atoms with Crippen molar-refractivity contribution in [2.75, 3.05) is 18.5 Å². The number of hydrogen-bond donors (Lipinski definition) is 1. The summed E-state index contributed by atoms with van der Waals surface area (Å²) in [6, 6.07) is 21.0. The van der Waals surface area contributed by atoms with Gasteiger partial charge in [0.05, 0.1) is 17.9 Å². The summed E-state index contributed by atoms with van der Waals surface area (Å²) in [5.41, 5.74) is 2.45. The van der Waals surface area contributed by atoms with Gasteiger partial charge in [0.2, 0.25) is 0 Å². The summed E-state index contributed by atoms with van der Waals surface area (Å²) < 4.78 is 5.68. The first-order valence-corrected chi connectivity index (χ1v) is 10.7. The van der Waals surface area contributed by atoms with Crippen LogP contribution in [0.4, 0.5) is 5.69 Å². The van der Waals surface area contributed by atoms with Crippen molar-refractivity contribution in [3.63, 3.8) is 0 Å². The van der Waals surface area contributed by atoms with Gasteiger partial charge in [-0.25, -0.2) is 0 Å². The van der Waals surface area contributed by atoms with E-state index >= 15 is 0 Å². The van der Waals surface area contributed by atoms with Crippen molar-refractivity contribution in [1.82, 2.24) is 4.90 Å². The molecule has 1 aromatic heterocycles. The van der Waals surface area contributed by atoms with Gasteiger partial charge in [0.1, 0.15) is 11.4 Å². The molecule has 0 saturated carbocycles. The highest BCUT2D eigenvalue weighted by Crippen LogP contribution is 2.35. The summed E-state index contributed by atoms with van der Waals surface area (Å²) in [6.45, 7) is 2.74. The predicted octanol–water partition coefficient (Wildman–Crippen LogP) is 4.58. The second-order valence-electron chi connectivity index (χ2n) is 6.78. The van der Waals surface area contributed by atoms with E-state index in [2.05, 4.69) is 5.32 Å². The van der Waals surface area contributed by atoms with Gasteiger partial charge in [-0.1, -0.05) is 48.5 Å². The maximum atomic E-state index is 13.3. The summed E-state index contributed by atoms with van der Waals surface area (Å²) in [5, 5.41) is 5.09. The van der Waals surface area contributed by atoms with E-state index in [0.29, 0.717) is 42.3 Å². The number of benzene rings is 2. The third-order valence-electron chi connectivity index (χ3n) is 4.85. The predicted molar refractivity (Wildman–Crippen MR) is 119 cm³/mol. The van der Waals surface area contributed by atoms with Crippen molar-refractivity contribution in [2.24, 2.45) is 0 Å². The molecule has 0 fully saturated rings. The molecule has 152 valence electrons. The first kappa shape index (κ1) is 19.9. The molecule has 1 aliphatic heterocycles. The maximum absolute atomic E-state index is 13.3. The smallest absolute Gasteiger partial charge is 0.278 e. The van der Waals surface area contributed by atoms with Gasteiger partial charge in [0, 0.05) is 11.4 Å². The number of hydrogen-bond acceptors (Lipinski definition) is 5. The third-order valence-corrected chi connectivity index (χ3v) is 5.74. The van der Waals surface area contributed by atoms with Gasteiger partial charge in [-0.05, 0) is 42.5 Å². The Kier molecular flexibility index (Phi) is 5.95. The number of nitrogens with zero attached hydrogens (tertiary/aromatic N) is 1. The summed E-state index contributed by atoms with van der Waals surface area (Å²) in [6.07, 6.45) is 0.610. The Hall–Kier alpha value is -3.38. The minimum atomic E-state index is -0.314. The van der Waals surface area contributed by atoms with Crippen LogP contribution in [0.3, 0.4) is 0 Å². The minimum Gasteiger partial charge on any atom is -0.492 e. The molecular weight excluding hydrogens is 396 g/mol. The number of amides is 2. The second kappa shape index (κ2) is 8.97. The Labute approximate surface area is 179 Å². The van der Waals surface area contributed by atoms with Crippen LogP contribution in [-0.2, 0) is 16.0 Å². The Bertz CT molecular complexity index is 1070. The van der Waals surface area contributed by atoms with E-state index in [1.165, 1.54) is 16.2 Å². The highest BCUT2D eigenvalue weighted by Gasteiger charge is 2.39. The SMILES string of the molecule is CCOc1ccccc1NC1=C(c2cccs2)C(=O)N(CCc2ccccc2)C1=O. The van der Waals surface area contributed by atoms with Gasteiger partial charge in [0.25, 0.3) is 11.8 Å². The number of imide groups is 1. The van der Waals surface area contributed by atoms with E-state index in [0.717, 1.165) is 10.4 Å². The zero-order valence-corrected chi connectivity index (χ0v) is 17.4. The summed E-state index contributed by atoms with van der Waals surface area (Å²) in [7, 11) is 0. The van der Waals surface area contributed by atoms with Crippen molar-refractivity contribution in [1.29, 1.82) is 0 Å². The average molecular weight is 419 g/mol. The molecule has 2 aromatic carbocycles. The van der Waals surface area contributed by atoms with E-state index < -0.39 is 0 Å². The molecule has 0 unspecified atom stereocenters. The number of thiophene rings is 1. The molecule has 1 N–H and O–H groups in total. The Morgan fingerprint density at radius 1 is 0.933 bits per heavy atom. The standard InChI is InChI=1S/C24H22N2O3S/c1-2-29-19-12-7-6-11-18(19)25-22-21(20-13-8-16-30-20)23(27)26(24(22)28)15-14-17-9-4-3-5-10-17/h3-13,16,25H,2,14-15H2,1H3. The number of rotatable bonds is 8. The number of nitrogens with one attached hydrogen (secondary N) is 1. The lowest BCUT2D eigenvalue weighted by Gasteiger charge is -2.16. The number of para-hydroxylation sites is 2. The number of carbonyl (C=O) groups excluding carboxylic acids is 2. The highest BCUT2D eigenvalue weighted by atomic mass is 32.1. The van der Waals surface area contributed by atoms with E-state index in [-0.39, 0.29) is 11.8 Å². The third kappa shape index (κ3) is 4.00. The van der Waals surface area contributed by atoms with Crippen LogP contribution in [0.2, 0.25) is 0 Å². The van der Waals surface area contributed by atoms with Gasteiger partial charge in [-0.2, -0.15) is 0 Å². The van der Waals surface area contributed by atoms with Crippen LogP contribution in [0.25, 0.3) is 5.57 Å². The van der Waals surface area contributed by atoms with Gasteiger partial charge in [-0.3, -0.25) is 14.5 Å². The lowest BCUT2D eigenvalue weighted by atomic mass is 10.1. The molecule has 3 aromatic rings. The zero-order chi connectivity index (χ0) is 20.9. The summed E-state index contributed by atoms with van der Waals surface area (Å²) in [4.78, 5) is 28.6. The van der Waals surface area contributed by atoms with E-state index in [4.69, 9.17) is 4.74 Å². The molecule has 5 nitrogen and oxygen atoms in total. The van der Waals surface area contributed by atoms with Crippen LogP contribution in [0.1, 0.15) is 17.4 Å². The zero-order valence-electron chi connectivity index (χ0n) is 16.6. The fourth-order valence-corrected chi connectivity index (χ4v) is 4.18. The van der Waals surface area contributed by atoms with Crippen LogP contribution in [0.5, 0.6) is 5.75 Å². The van der Waals surface area contributed by atoms with Gasteiger partial charge in [0.15, 0.2) is 0 Å². The average Bonchev–Trinajstić information content (AvgIpc) is 3.36. The molecule has 0 spiro atoms. The molecule has 0 bridgehead atoms. The molecule has 0 saturated heterocycles. The first-order chi connectivity index (χ1) is 14.7. The highest BCUT2D eigenvalue weighted by molar-refractivity contribution is 7.11. The van der Waals surface area contributed by atoms with E-state index in [9.17, 15) is 9.59 Å². The Morgan fingerprint density at radius 2 is 1.70 bits per heavy atom. The molecule has 4 rings (SSSR count). The molecule has 1 aliphatic rings. The Morgan fingerprint density at radius 3 is 2.43 bits per heavy atom. The monoisotopic (exact) mass is 418 g/mol. The molecule has 6 heteroatoms. The van der Waals surface area contributed by atoms with Crippen molar-refractivity contribution >= 4 is 34.4 Å². The van der Waals surface area contributed by atoms with Crippen molar-refractivity contribution in [3.8, 4) is 5.75 Å². The van der Waals surface area contributed by atoms with Crippen molar-refractivity contribution in [3.05, 3.63) is 88.2 Å². The van der Waals surface area contributed by atoms with Crippen molar-refractivity contribution in [2.45, 2.75) is 13.3 Å². The second-order valence-corrected chi connectivity index (χ2v) is 7.73. The molecule has 30 heavy (non-hydrogen) atoms. The van der Waals surface area contributed by atoms with Crippen LogP contribution in [0, 0.1) is 0 Å². The fourth-order valence-electron chi connectivity index (χ4n) is 3.42. The fraction of sp³-hybridized carbons (Fsp3) is 0.167. The molecule has 2 amide bonds. The number of ether oxygens (including phenoxy) is 1. The van der Waals surface area contributed by atoms with Gasteiger partial charge in [-0.15, -0.1) is 11.3 Å². The molecular formula is C24H22N2O3S. The molecule has 2 heterocycles. The van der Waals surface area contributed by atoms with Gasteiger partial charge < -0.3 is 10.1 Å². The lowest BCUT2D eigenvalue weighted by Crippen LogP contribution is -2.34. The van der Waals surface area contributed by atoms with Crippen LogP contribution in [0.15, 0.2) is 77.8 Å². The van der Waals surface area contributed by atoms with Crippen LogP contribution >= 0.6 is 11.3 Å². The maximum Gasteiger partial charge on any atom is 0.278 e. The normalized spacial score (nSPS) is 13.8. The van der Waals surface area contributed by atoms with E-state index in [1.807, 2.05) is 79.0 Å². The number of anilines is 1. The lowest BCUT2D eigenvalue weighted by molar-refractivity contribution is -0.136. The summed E-state index contributed by atoms with van der Waals surface area (Å²) in [5.74, 6) is 0.0569. The van der Waals surface area contributed by atoms with Gasteiger partial charge >= 0.3 is 0 Å². The number of carbonyl (C=O) groups is 2. The van der Waals surface area contributed by atoms with Crippen LogP contribution in [-0.4, -0.2) is 29.9 Å². The van der Waals surface area contributed by atoms with Crippen LogP contribution < -0.4 is 10.1 Å². The Balaban J connectivity index is 1.65. The van der Waals surface area contributed by atoms with Crippen molar-refractivity contribution < 1.29 is 14.3 Å². The summed E-state index contributed by atoms with van der Waals surface area (Å²) >= 11 is 1.44. The first-order valence-electron chi connectivity index (χ1n) is 9.86. The quantitative estimate of drug-likeness (QED) is 0.544. The molecule has 0 atom stereocenters.